The molecule has 108 valence electrons. The molecule has 0 radical (unpaired) electrons. The topological polar surface area (TPSA) is 73.3 Å². The second-order valence-corrected chi connectivity index (χ2v) is 4.70. The zero-order chi connectivity index (χ0) is 15.5. The second-order valence-electron chi connectivity index (χ2n) is 4.70. The molecule has 0 atom stereocenters. The van der Waals surface area contributed by atoms with Crippen molar-refractivity contribution in [2.24, 2.45) is 0 Å². The van der Waals surface area contributed by atoms with E-state index in [2.05, 4.69) is 0 Å². The van der Waals surface area contributed by atoms with Crippen molar-refractivity contribution in [2.45, 2.75) is 0 Å². The summed E-state index contributed by atoms with van der Waals surface area (Å²) in [5.74, 6) is 0. The number of fused-ring (bicyclic) bond motifs is 1. The molecule has 22 heavy (non-hydrogen) atoms. The third-order valence-electron chi connectivity index (χ3n) is 3.27. The quantitative estimate of drug-likeness (QED) is 0.542. The predicted molar refractivity (Wildman–Crippen MR) is 84.5 cm³/mol. The Bertz CT molecular complexity index is 923. The lowest BCUT2D eigenvalue weighted by Gasteiger charge is -1.98. The first kappa shape index (κ1) is 13.8. The Morgan fingerprint density at radius 1 is 1.00 bits per heavy atom. The number of nitro groups is 1. The molecular weight excluding hydrogens is 282 g/mol. The number of benzene rings is 2. The molecule has 3 aromatic rings. The van der Waals surface area contributed by atoms with Gasteiger partial charge in [0.2, 0.25) is 0 Å². The molecule has 5 heteroatoms. The van der Waals surface area contributed by atoms with Gasteiger partial charge >= 0.3 is 0 Å². The molecule has 0 saturated heterocycles. The minimum Gasteiger partial charge on any atom is -0.463 e. The standard InChI is InChI=1S/C17H11NO4/c19-17-13(11-22-16-4-2-1-3-15(16)17)8-5-12-6-9-14(10-7-12)18(20)21/h1-11H/b8-5-. The first-order chi connectivity index (χ1) is 10.6. The molecule has 2 aromatic carbocycles. The van der Waals surface area contributed by atoms with Gasteiger partial charge in [-0.3, -0.25) is 14.9 Å². The summed E-state index contributed by atoms with van der Waals surface area (Å²) in [6.07, 6.45) is 4.76. The largest absolute Gasteiger partial charge is 0.463 e. The Morgan fingerprint density at radius 3 is 2.45 bits per heavy atom. The summed E-state index contributed by atoms with van der Waals surface area (Å²) in [4.78, 5) is 22.4. The van der Waals surface area contributed by atoms with Gasteiger partial charge in [0.25, 0.3) is 5.69 Å². The molecule has 0 aliphatic heterocycles. The van der Waals surface area contributed by atoms with Gasteiger partial charge in [0.05, 0.1) is 15.9 Å². The molecule has 0 bridgehead atoms. The Labute approximate surface area is 125 Å². The maximum atomic E-state index is 12.3. The molecule has 0 amide bonds. The zero-order valence-corrected chi connectivity index (χ0v) is 11.4. The van der Waals surface area contributed by atoms with Crippen molar-refractivity contribution in [3.63, 3.8) is 0 Å². The summed E-state index contributed by atoms with van der Waals surface area (Å²) >= 11 is 0. The number of nitro benzene ring substituents is 1. The first-order valence-electron chi connectivity index (χ1n) is 6.58. The smallest absolute Gasteiger partial charge is 0.269 e. The summed E-state index contributed by atoms with van der Waals surface area (Å²) in [7, 11) is 0. The van der Waals surface area contributed by atoms with Crippen LogP contribution in [0.25, 0.3) is 23.1 Å². The number of non-ortho nitro benzene ring substituents is 1. The van der Waals surface area contributed by atoms with E-state index in [-0.39, 0.29) is 11.1 Å². The molecule has 1 aromatic heterocycles. The van der Waals surface area contributed by atoms with Crippen LogP contribution >= 0.6 is 0 Å². The van der Waals surface area contributed by atoms with E-state index in [0.29, 0.717) is 16.5 Å². The lowest BCUT2D eigenvalue weighted by molar-refractivity contribution is -0.384. The van der Waals surface area contributed by atoms with Crippen molar-refractivity contribution in [3.8, 4) is 0 Å². The third kappa shape index (κ3) is 2.64. The number of hydrogen-bond acceptors (Lipinski definition) is 4. The summed E-state index contributed by atoms with van der Waals surface area (Å²) in [5, 5.41) is 11.1. The molecule has 0 unspecified atom stereocenters. The highest BCUT2D eigenvalue weighted by atomic mass is 16.6. The zero-order valence-electron chi connectivity index (χ0n) is 11.4. The van der Waals surface area contributed by atoms with Crippen LogP contribution in [0.5, 0.6) is 0 Å². The van der Waals surface area contributed by atoms with Crippen molar-refractivity contribution >= 4 is 28.8 Å². The van der Waals surface area contributed by atoms with Gasteiger partial charge in [-0.05, 0) is 35.9 Å². The van der Waals surface area contributed by atoms with E-state index in [4.69, 9.17) is 4.42 Å². The van der Waals surface area contributed by atoms with Crippen molar-refractivity contribution in [1.29, 1.82) is 0 Å². The van der Waals surface area contributed by atoms with Crippen molar-refractivity contribution < 1.29 is 9.34 Å². The highest BCUT2D eigenvalue weighted by Gasteiger charge is 2.04. The Hall–Kier alpha value is -3.21. The van der Waals surface area contributed by atoms with Gasteiger partial charge < -0.3 is 4.42 Å². The number of para-hydroxylation sites is 1. The van der Waals surface area contributed by atoms with Gasteiger partial charge in [-0.25, -0.2) is 0 Å². The molecule has 0 spiro atoms. The van der Waals surface area contributed by atoms with Crippen LogP contribution in [0.3, 0.4) is 0 Å². The minimum absolute atomic E-state index is 0.0300. The van der Waals surface area contributed by atoms with Crippen LogP contribution in [-0.4, -0.2) is 4.92 Å². The van der Waals surface area contributed by atoms with Crippen molar-refractivity contribution in [2.75, 3.05) is 0 Å². The van der Waals surface area contributed by atoms with Crippen molar-refractivity contribution in [3.05, 3.63) is 86.3 Å². The lowest BCUT2D eigenvalue weighted by Crippen LogP contribution is -2.04. The molecule has 5 nitrogen and oxygen atoms in total. The Balaban J connectivity index is 1.94. The molecule has 1 heterocycles. The SMILES string of the molecule is O=c1c(/C=C\c2ccc([N+](=O)[O-])cc2)coc2ccccc12. The molecule has 0 aliphatic carbocycles. The van der Waals surface area contributed by atoms with E-state index in [1.54, 1.807) is 48.6 Å². The second kappa shape index (κ2) is 5.65. The van der Waals surface area contributed by atoms with Gasteiger partial charge in [0.15, 0.2) is 5.43 Å². The van der Waals surface area contributed by atoms with Crippen LogP contribution in [0.2, 0.25) is 0 Å². The molecule has 0 fully saturated rings. The predicted octanol–water partition coefficient (Wildman–Crippen LogP) is 3.87. The van der Waals surface area contributed by atoms with Crippen LogP contribution < -0.4 is 5.43 Å². The van der Waals surface area contributed by atoms with E-state index < -0.39 is 4.92 Å². The van der Waals surface area contributed by atoms with Crippen LogP contribution in [0.15, 0.2) is 64.0 Å². The van der Waals surface area contributed by atoms with Gasteiger partial charge in [-0.1, -0.05) is 18.2 Å². The minimum atomic E-state index is -0.453. The summed E-state index contributed by atoms with van der Waals surface area (Å²) < 4.78 is 5.42. The maximum absolute atomic E-state index is 12.3. The molecule has 3 rings (SSSR count). The summed E-state index contributed by atoms with van der Waals surface area (Å²) in [6.45, 7) is 0. The maximum Gasteiger partial charge on any atom is 0.269 e. The first-order valence-corrected chi connectivity index (χ1v) is 6.58. The average Bonchev–Trinajstić information content (AvgIpc) is 2.55. The number of nitrogens with zero attached hydrogens (tertiary/aromatic N) is 1. The Morgan fingerprint density at radius 2 is 1.73 bits per heavy atom. The highest BCUT2D eigenvalue weighted by Crippen LogP contribution is 2.15. The fourth-order valence-electron chi connectivity index (χ4n) is 2.10. The fourth-order valence-corrected chi connectivity index (χ4v) is 2.10. The van der Waals surface area contributed by atoms with Gasteiger partial charge in [-0.2, -0.15) is 0 Å². The Kier molecular flexibility index (Phi) is 3.53. The van der Waals surface area contributed by atoms with Gasteiger partial charge in [0, 0.05) is 12.1 Å². The van der Waals surface area contributed by atoms with Gasteiger partial charge in [0.1, 0.15) is 11.8 Å². The summed E-state index contributed by atoms with van der Waals surface area (Å²) in [6, 6.07) is 13.1. The van der Waals surface area contributed by atoms with E-state index in [1.165, 1.54) is 18.4 Å². The molecular formula is C17H11NO4. The van der Waals surface area contributed by atoms with E-state index >= 15 is 0 Å². The van der Waals surface area contributed by atoms with Gasteiger partial charge in [-0.15, -0.1) is 0 Å². The number of rotatable bonds is 3. The van der Waals surface area contributed by atoms with E-state index in [0.717, 1.165) is 5.56 Å². The third-order valence-corrected chi connectivity index (χ3v) is 3.27. The molecule has 0 saturated carbocycles. The number of hydrogen-bond donors (Lipinski definition) is 0. The summed E-state index contributed by atoms with van der Waals surface area (Å²) in [5.41, 5.74) is 1.65. The van der Waals surface area contributed by atoms with Crippen LogP contribution in [0.4, 0.5) is 5.69 Å². The molecule has 0 aliphatic rings. The fraction of sp³-hybridized carbons (Fsp3) is 0. The van der Waals surface area contributed by atoms with Crippen LogP contribution in [-0.2, 0) is 0 Å². The van der Waals surface area contributed by atoms with Crippen LogP contribution in [0, 0.1) is 10.1 Å². The van der Waals surface area contributed by atoms with Crippen molar-refractivity contribution in [1.82, 2.24) is 0 Å². The molecule has 0 N–H and O–H groups in total. The average molecular weight is 293 g/mol. The highest BCUT2D eigenvalue weighted by molar-refractivity contribution is 5.80. The lowest BCUT2D eigenvalue weighted by atomic mass is 10.1. The van der Waals surface area contributed by atoms with E-state index in [1.807, 2.05) is 0 Å². The monoisotopic (exact) mass is 293 g/mol. The van der Waals surface area contributed by atoms with E-state index in [9.17, 15) is 14.9 Å². The van der Waals surface area contributed by atoms with Crippen LogP contribution in [0.1, 0.15) is 11.1 Å². The normalized spacial score (nSPS) is 11.1.